The summed E-state index contributed by atoms with van der Waals surface area (Å²) in [5.74, 6) is -0.170. The van der Waals surface area contributed by atoms with Gasteiger partial charge in [0.05, 0.1) is 11.2 Å². The van der Waals surface area contributed by atoms with E-state index in [0.717, 1.165) is 11.9 Å². The molecule has 0 aliphatic rings. The number of halogens is 3. The van der Waals surface area contributed by atoms with Crippen LogP contribution < -0.4 is 10.1 Å². The molecule has 26 heavy (non-hydrogen) atoms. The minimum Gasteiger partial charge on any atom is -0.487 e. The molecule has 0 radical (unpaired) electrons. The van der Waals surface area contributed by atoms with Crippen molar-refractivity contribution in [2.24, 2.45) is 0 Å². The Balaban J connectivity index is 1.68. The van der Waals surface area contributed by atoms with Crippen LogP contribution >= 0.6 is 11.3 Å². The van der Waals surface area contributed by atoms with Gasteiger partial charge < -0.3 is 10.1 Å². The van der Waals surface area contributed by atoms with Crippen LogP contribution in [-0.2, 0) is 12.8 Å². The van der Waals surface area contributed by atoms with E-state index in [1.165, 1.54) is 17.4 Å². The number of aromatic nitrogens is 2. The first-order valence-corrected chi connectivity index (χ1v) is 8.30. The van der Waals surface area contributed by atoms with E-state index >= 15 is 0 Å². The van der Waals surface area contributed by atoms with Gasteiger partial charge in [-0.1, -0.05) is 6.07 Å². The monoisotopic (exact) mass is 379 g/mol. The van der Waals surface area contributed by atoms with Crippen LogP contribution in [0.5, 0.6) is 5.75 Å². The Labute approximate surface area is 150 Å². The predicted octanol–water partition coefficient (Wildman–Crippen LogP) is 4.39. The summed E-state index contributed by atoms with van der Waals surface area (Å²) in [5.41, 5.74) is 1.61. The van der Waals surface area contributed by atoms with Gasteiger partial charge >= 0.3 is 6.18 Å². The molecule has 2 heterocycles. The molecule has 134 valence electrons. The highest BCUT2D eigenvalue weighted by atomic mass is 32.1. The van der Waals surface area contributed by atoms with Crippen molar-refractivity contribution in [1.29, 1.82) is 0 Å². The minimum atomic E-state index is -4.61. The minimum absolute atomic E-state index is 0.138. The van der Waals surface area contributed by atoms with E-state index < -0.39 is 17.8 Å². The molecule has 9 heteroatoms. The first-order chi connectivity index (χ1) is 12.4. The molecule has 3 aromatic rings. The number of thiazole rings is 1. The lowest BCUT2D eigenvalue weighted by molar-refractivity contribution is -0.141. The van der Waals surface area contributed by atoms with Crippen LogP contribution in [0.3, 0.4) is 0 Å². The van der Waals surface area contributed by atoms with Crippen LogP contribution in [0.15, 0.2) is 53.5 Å². The van der Waals surface area contributed by atoms with Gasteiger partial charge in [0.1, 0.15) is 18.1 Å². The van der Waals surface area contributed by atoms with Crippen LogP contribution in [0.2, 0.25) is 0 Å². The maximum atomic E-state index is 12.7. The zero-order valence-electron chi connectivity index (χ0n) is 13.2. The summed E-state index contributed by atoms with van der Waals surface area (Å²) in [6.45, 7) is 0.278. The molecule has 1 amide bonds. The molecule has 0 aliphatic heterocycles. The number of hydrogen-bond donors (Lipinski definition) is 1. The highest BCUT2D eigenvalue weighted by Crippen LogP contribution is 2.28. The number of nitrogens with one attached hydrogen (secondary N) is 1. The van der Waals surface area contributed by atoms with Crippen molar-refractivity contribution in [3.05, 3.63) is 70.4 Å². The molecule has 0 saturated heterocycles. The second-order valence-corrected chi connectivity index (χ2v) is 5.90. The van der Waals surface area contributed by atoms with Crippen molar-refractivity contribution in [2.75, 3.05) is 5.32 Å². The Morgan fingerprint density at radius 2 is 2.04 bits per heavy atom. The predicted molar refractivity (Wildman–Crippen MR) is 90.1 cm³/mol. The van der Waals surface area contributed by atoms with Crippen molar-refractivity contribution in [3.8, 4) is 5.75 Å². The largest absolute Gasteiger partial charge is 0.487 e. The first kappa shape index (κ1) is 17.9. The van der Waals surface area contributed by atoms with Crippen molar-refractivity contribution >= 4 is 22.9 Å². The molecule has 0 unspecified atom stereocenters. The van der Waals surface area contributed by atoms with Gasteiger partial charge in [-0.05, 0) is 24.3 Å². The Kier molecular flexibility index (Phi) is 5.17. The van der Waals surface area contributed by atoms with Gasteiger partial charge in [-0.3, -0.25) is 9.78 Å². The van der Waals surface area contributed by atoms with E-state index in [2.05, 4.69) is 15.3 Å². The number of amides is 1. The summed E-state index contributed by atoms with van der Waals surface area (Å²) in [6.07, 6.45) is -3.66. The molecular weight excluding hydrogens is 367 g/mol. The fourth-order valence-electron chi connectivity index (χ4n) is 2.06. The molecule has 0 aliphatic carbocycles. The molecular formula is C17H12F3N3O2S. The maximum Gasteiger partial charge on any atom is 0.433 e. The second kappa shape index (κ2) is 7.52. The molecule has 0 fully saturated rings. The molecule has 2 aromatic heterocycles. The van der Waals surface area contributed by atoms with Gasteiger partial charge in [0.25, 0.3) is 5.91 Å². The van der Waals surface area contributed by atoms with Crippen LogP contribution in [-0.4, -0.2) is 15.9 Å². The van der Waals surface area contributed by atoms with Crippen LogP contribution in [0.4, 0.5) is 18.9 Å². The summed E-state index contributed by atoms with van der Waals surface area (Å²) in [7, 11) is 0. The van der Waals surface area contributed by atoms with Gasteiger partial charge in [-0.2, -0.15) is 13.2 Å². The smallest absolute Gasteiger partial charge is 0.433 e. The van der Waals surface area contributed by atoms with Crippen molar-refractivity contribution < 1.29 is 22.7 Å². The fraction of sp³-hybridized carbons (Fsp3) is 0.118. The number of alkyl halides is 3. The maximum absolute atomic E-state index is 12.7. The average Bonchev–Trinajstić information content (AvgIpc) is 3.13. The Morgan fingerprint density at radius 1 is 1.19 bits per heavy atom. The Hall–Kier alpha value is -2.94. The molecule has 0 atom stereocenters. The molecule has 5 nitrogen and oxygen atoms in total. The number of hydrogen-bond acceptors (Lipinski definition) is 5. The summed E-state index contributed by atoms with van der Waals surface area (Å²) in [5, 5.41) is 4.40. The van der Waals surface area contributed by atoms with E-state index in [0.29, 0.717) is 17.5 Å². The summed E-state index contributed by atoms with van der Waals surface area (Å²) >= 11 is 1.45. The fourth-order valence-corrected chi connectivity index (χ4v) is 2.60. The third kappa shape index (κ3) is 4.57. The number of nitrogens with zero attached hydrogens (tertiary/aromatic N) is 2. The number of ether oxygens (including phenoxy) is 1. The van der Waals surface area contributed by atoms with Crippen LogP contribution in [0, 0.1) is 0 Å². The van der Waals surface area contributed by atoms with Gasteiger partial charge in [-0.15, -0.1) is 11.3 Å². The number of benzene rings is 1. The lowest BCUT2D eigenvalue weighted by Crippen LogP contribution is -2.15. The SMILES string of the molecule is O=C(Nc1cccc(OCc2cscn2)c1)c1ccnc(C(F)(F)F)c1. The van der Waals surface area contributed by atoms with Gasteiger partial charge in [-0.25, -0.2) is 4.98 Å². The van der Waals surface area contributed by atoms with E-state index in [-0.39, 0.29) is 12.2 Å². The summed E-state index contributed by atoms with van der Waals surface area (Å²) in [4.78, 5) is 19.5. The summed E-state index contributed by atoms with van der Waals surface area (Å²) < 4.78 is 43.7. The van der Waals surface area contributed by atoms with E-state index in [9.17, 15) is 18.0 Å². The standard InChI is InChI=1S/C17H12F3N3O2S/c18-17(19,20)15-6-11(4-5-21-15)16(24)23-12-2-1-3-14(7-12)25-8-13-9-26-10-22-13/h1-7,9-10H,8H2,(H,23,24). The molecule has 1 N–H and O–H groups in total. The second-order valence-electron chi connectivity index (χ2n) is 5.18. The van der Waals surface area contributed by atoms with Crippen LogP contribution in [0.25, 0.3) is 0 Å². The number of carbonyl (C=O) groups is 1. The van der Waals surface area contributed by atoms with E-state index in [1.807, 2.05) is 5.38 Å². The molecule has 0 bridgehead atoms. The number of carbonyl (C=O) groups excluding carboxylic acids is 1. The number of pyridine rings is 1. The first-order valence-electron chi connectivity index (χ1n) is 7.36. The van der Waals surface area contributed by atoms with Crippen molar-refractivity contribution in [1.82, 2.24) is 9.97 Å². The van der Waals surface area contributed by atoms with E-state index in [4.69, 9.17) is 4.74 Å². The normalized spacial score (nSPS) is 11.2. The molecule has 0 saturated carbocycles. The van der Waals surface area contributed by atoms with Gasteiger partial charge in [0.2, 0.25) is 0 Å². The zero-order chi connectivity index (χ0) is 18.6. The third-order valence-electron chi connectivity index (χ3n) is 3.27. The highest BCUT2D eigenvalue weighted by Gasteiger charge is 2.32. The number of rotatable bonds is 5. The number of anilines is 1. The van der Waals surface area contributed by atoms with E-state index in [1.54, 1.807) is 29.8 Å². The topological polar surface area (TPSA) is 64.1 Å². The van der Waals surface area contributed by atoms with Crippen molar-refractivity contribution in [2.45, 2.75) is 12.8 Å². The van der Waals surface area contributed by atoms with Gasteiger partial charge in [0, 0.05) is 28.9 Å². The van der Waals surface area contributed by atoms with Crippen molar-refractivity contribution in [3.63, 3.8) is 0 Å². The third-order valence-corrected chi connectivity index (χ3v) is 3.91. The lowest BCUT2D eigenvalue weighted by atomic mass is 10.2. The van der Waals surface area contributed by atoms with Gasteiger partial charge in [0.15, 0.2) is 0 Å². The Bertz CT molecular complexity index is 898. The quantitative estimate of drug-likeness (QED) is 0.714. The lowest BCUT2D eigenvalue weighted by Gasteiger charge is -2.10. The van der Waals surface area contributed by atoms with Crippen LogP contribution in [0.1, 0.15) is 21.7 Å². The highest BCUT2D eigenvalue weighted by molar-refractivity contribution is 7.07. The average molecular weight is 379 g/mol. The molecule has 1 aromatic carbocycles. The molecule has 3 rings (SSSR count). The molecule has 0 spiro atoms. The Morgan fingerprint density at radius 3 is 2.77 bits per heavy atom. The zero-order valence-corrected chi connectivity index (χ0v) is 14.0. The summed E-state index contributed by atoms with van der Waals surface area (Å²) in [6, 6.07) is 8.48.